The predicted octanol–water partition coefficient (Wildman–Crippen LogP) is 3.72. The molecular weight excluding hydrogens is 424 g/mol. The Morgan fingerprint density at radius 2 is 1.84 bits per heavy atom. The van der Waals surface area contributed by atoms with Crippen LogP contribution in [0, 0.1) is 0 Å². The van der Waals surface area contributed by atoms with Gasteiger partial charge in [-0.15, -0.1) is 0 Å². The number of H-pyrrole nitrogens is 1. The van der Waals surface area contributed by atoms with E-state index in [-0.39, 0.29) is 22.9 Å². The second kappa shape index (κ2) is 9.67. The molecule has 0 bridgehead atoms. The van der Waals surface area contributed by atoms with Crippen molar-refractivity contribution in [2.75, 3.05) is 0 Å². The minimum absolute atomic E-state index is 0.0680. The number of hydrogen-bond acceptors (Lipinski definition) is 4. The summed E-state index contributed by atoms with van der Waals surface area (Å²) in [6.07, 6.45) is 5.15. The average Bonchev–Trinajstić information content (AvgIpc) is 3.47. The van der Waals surface area contributed by atoms with Crippen molar-refractivity contribution in [2.45, 2.75) is 56.0 Å². The molecule has 0 saturated heterocycles. The Kier molecular flexibility index (Phi) is 6.72. The highest BCUT2D eigenvalue weighted by molar-refractivity contribution is 7.89. The van der Waals surface area contributed by atoms with E-state index in [0.717, 1.165) is 35.5 Å². The molecular formula is C24H28N4O3S. The summed E-state index contributed by atoms with van der Waals surface area (Å²) in [5.74, 6) is 0.666. The molecule has 1 saturated carbocycles. The van der Waals surface area contributed by atoms with Gasteiger partial charge in [-0.1, -0.05) is 49.4 Å². The number of carbonyl (C=O) groups excluding carboxylic acids is 1. The van der Waals surface area contributed by atoms with E-state index in [1.807, 2.05) is 37.3 Å². The number of sulfonamides is 1. The maximum absolute atomic E-state index is 12.5. The lowest BCUT2D eigenvalue weighted by molar-refractivity contribution is -0.121. The van der Waals surface area contributed by atoms with E-state index < -0.39 is 10.0 Å². The van der Waals surface area contributed by atoms with Crippen molar-refractivity contribution < 1.29 is 13.2 Å². The van der Waals surface area contributed by atoms with Crippen LogP contribution in [0.25, 0.3) is 11.3 Å². The summed E-state index contributed by atoms with van der Waals surface area (Å²) in [6, 6.07) is 16.5. The molecule has 1 heterocycles. The Labute approximate surface area is 188 Å². The van der Waals surface area contributed by atoms with Crippen LogP contribution in [0.3, 0.4) is 0 Å². The number of nitrogens with zero attached hydrogens (tertiary/aromatic N) is 1. The van der Waals surface area contributed by atoms with Crippen LogP contribution in [0.15, 0.2) is 65.7 Å². The zero-order chi connectivity index (χ0) is 22.6. The Hall–Kier alpha value is -2.97. The topological polar surface area (TPSA) is 104 Å². The Morgan fingerprint density at radius 3 is 2.50 bits per heavy atom. The van der Waals surface area contributed by atoms with E-state index in [4.69, 9.17) is 0 Å². The van der Waals surface area contributed by atoms with Gasteiger partial charge in [0, 0.05) is 12.5 Å². The number of aromatic amines is 1. The molecule has 168 valence electrons. The molecule has 1 aliphatic rings. The van der Waals surface area contributed by atoms with Gasteiger partial charge in [-0.25, -0.2) is 18.1 Å². The monoisotopic (exact) mass is 452 g/mol. The fourth-order valence-corrected chi connectivity index (χ4v) is 4.80. The first-order chi connectivity index (χ1) is 15.4. The number of carbonyl (C=O) groups is 1. The molecule has 1 fully saturated rings. The first kappa shape index (κ1) is 22.2. The lowest BCUT2D eigenvalue weighted by Crippen LogP contribution is -2.29. The Morgan fingerprint density at radius 1 is 1.12 bits per heavy atom. The van der Waals surface area contributed by atoms with E-state index in [1.54, 1.807) is 30.5 Å². The molecule has 0 radical (unpaired) electrons. The normalized spacial score (nSPS) is 14.8. The summed E-state index contributed by atoms with van der Waals surface area (Å²) in [7, 11) is -3.45. The van der Waals surface area contributed by atoms with Crippen molar-refractivity contribution >= 4 is 15.9 Å². The number of imidazole rings is 1. The van der Waals surface area contributed by atoms with Gasteiger partial charge in [0.2, 0.25) is 15.9 Å². The number of aromatic nitrogens is 2. The lowest BCUT2D eigenvalue weighted by Gasteiger charge is -2.15. The highest BCUT2D eigenvalue weighted by atomic mass is 32.2. The second-order valence-electron chi connectivity index (χ2n) is 8.12. The van der Waals surface area contributed by atoms with E-state index in [0.29, 0.717) is 19.3 Å². The van der Waals surface area contributed by atoms with Gasteiger partial charge in [0.05, 0.1) is 22.8 Å². The van der Waals surface area contributed by atoms with Gasteiger partial charge in [-0.3, -0.25) is 4.79 Å². The number of nitrogens with one attached hydrogen (secondary N) is 3. The van der Waals surface area contributed by atoms with E-state index in [2.05, 4.69) is 20.0 Å². The van der Waals surface area contributed by atoms with E-state index in [1.165, 1.54) is 0 Å². The quantitative estimate of drug-likeness (QED) is 0.436. The van der Waals surface area contributed by atoms with Crippen molar-refractivity contribution in [3.05, 3.63) is 72.2 Å². The first-order valence-corrected chi connectivity index (χ1v) is 12.4. The Balaban J connectivity index is 1.31. The third kappa shape index (κ3) is 5.63. The minimum atomic E-state index is -3.45. The number of rotatable bonds is 10. The zero-order valence-corrected chi connectivity index (χ0v) is 18.9. The summed E-state index contributed by atoms with van der Waals surface area (Å²) in [4.78, 5) is 20.6. The molecule has 2 aromatic carbocycles. The van der Waals surface area contributed by atoms with Crippen molar-refractivity contribution in [3.8, 4) is 11.3 Å². The molecule has 7 nitrogen and oxygen atoms in total. The highest BCUT2D eigenvalue weighted by Gasteiger charge is 2.27. The molecule has 8 heteroatoms. The third-order valence-electron chi connectivity index (χ3n) is 5.53. The van der Waals surface area contributed by atoms with Crippen LogP contribution in [0.1, 0.15) is 50.0 Å². The van der Waals surface area contributed by atoms with Gasteiger partial charge in [-0.2, -0.15) is 0 Å². The molecule has 3 aromatic rings. The van der Waals surface area contributed by atoms with Crippen LogP contribution in [0.4, 0.5) is 0 Å². The summed E-state index contributed by atoms with van der Waals surface area (Å²) >= 11 is 0. The molecule has 32 heavy (non-hydrogen) atoms. The maximum atomic E-state index is 12.5. The molecule has 1 amide bonds. The van der Waals surface area contributed by atoms with Gasteiger partial charge in [0.1, 0.15) is 5.82 Å². The smallest absolute Gasteiger partial charge is 0.240 e. The van der Waals surface area contributed by atoms with Crippen molar-refractivity contribution in [1.29, 1.82) is 0 Å². The van der Waals surface area contributed by atoms with Gasteiger partial charge in [0.25, 0.3) is 0 Å². The number of amides is 1. The van der Waals surface area contributed by atoms with E-state index >= 15 is 0 Å². The molecule has 0 spiro atoms. The van der Waals surface area contributed by atoms with Crippen molar-refractivity contribution in [3.63, 3.8) is 0 Å². The molecule has 1 unspecified atom stereocenters. The fraction of sp³-hybridized carbons (Fsp3) is 0.333. The maximum Gasteiger partial charge on any atom is 0.240 e. The minimum Gasteiger partial charge on any atom is -0.346 e. The first-order valence-electron chi connectivity index (χ1n) is 11.0. The number of hydrogen-bond donors (Lipinski definition) is 3. The predicted molar refractivity (Wildman–Crippen MR) is 123 cm³/mol. The van der Waals surface area contributed by atoms with Crippen LogP contribution in [0.5, 0.6) is 0 Å². The summed E-state index contributed by atoms with van der Waals surface area (Å²) in [6.45, 7) is 2.00. The number of aryl methyl sites for hydroxylation is 1. The standard InChI is InChI=1S/C24H28N4O3S/c1-2-21(24-25-16-22(27-24)18-6-4-3-5-7-18)26-23(29)15-10-17-8-13-20(14-9-17)32(30,31)28-19-11-12-19/h3-9,13-14,16,19,21,28H,2,10-12,15H2,1H3,(H,25,27)(H,26,29). The Bertz CT molecular complexity index is 1150. The van der Waals surface area contributed by atoms with Crippen LogP contribution >= 0.6 is 0 Å². The van der Waals surface area contributed by atoms with Gasteiger partial charge < -0.3 is 10.3 Å². The van der Waals surface area contributed by atoms with Crippen LogP contribution in [-0.4, -0.2) is 30.3 Å². The molecule has 0 aliphatic heterocycles. The average molecular weight is 453 g/mol. The van der Waals surface area contributed by atoms with Crippen LogP contribution < -0.4 is 10.0 Å². The SMILES string of the molecule is CCC(NC(=O)CCc1ccc(S(=O)(=O)NC2CC2)cc1)c1ncc(-c2ccccc2)[nH]1. The summed E-state index contributed by atoms with van der Waals surface area (Å²) in [5.41, 5.74) is 2.88. The van der Waals surface area contributed by atoms with Gasteiger partial charge in [0.15, 0.2) is 0 Å². The summed E-state index contributed by atoms with van der Waals surface area (Å²) < 4.78 is 27.2. The fourth-order valence-electron chi connectivity index (χ4n) is 3.49. The molecule has 1 atom stereocenters. The number of benzene rings is 2. The van der Waals surface area contributed by atoms with Crippen LogP contribution in [-0.2, 0) is 21.2 Å². The van der Waals surface area contributed by atoms with Crippen LogP contribution in [0.2, 0.25) is 0 Å². The van der Waals surface area contributed by atoms with Crippen molar-refractivity contribution in [2.24, 2.45) is 0 Å². The van der Waals surface area contributed by atoms with Crippen molar-refractivity contribution in [1.82, 2.24) is 20.0 Å². The molecule has 1 aliphatic carbocycles. The second-order valence-corrected chi connectivity index (χ2v) is 9.83. The summed E-state index contributed by atoms with van der Waals surface area (Å²) in [5, 5.41) is 3.04. The van der Waals surface area contributed by atoms with E-state index in [9.17, 15) is 13.2 Å². The van der Waals surface area contributed by atoms with Gasteiger partial charge in [-0.05, 0) is 48.9 Å². The lowest BCUT2D eigenvalue weighted by atomic mass is 10.1. The largest absolute Gasteiger partial charge is 0.346 e. The van der Waals surface area contributed by atoms with Gasteiger partial charge >= 0.3 is 0 Å². The highest BCUT2D eigenvalue weighted by Crippen LogP contribution is 2.23. The molecule has 3 N–H and O–H groups in total. The zero-order valence-electron chi connectivity index (χ0n) is 18.0. The molecule has 1 aromatic heterocycles. The third-order valence-corrected chi connectivity index (χ3v) is 7.06. The molecule has 4 rings (SSSR count).